The molecule has 5 heteroatoms. The minimum Gasteiger partial charge on any atom is -0.481 e. The lowest BCUT2D eigenvalue weighted by molar-refractivity contribution is -0.145. The lowest BCUT2D eigenvalue weighted by Gasteiger charge is -2.26. The van der Waals surface area contributed by atoms with Crippen molar-refractivity contribution >= 4 is 33.4 Å². The summed E-state index contributed by atoms with van der Waals surface area (Å²) in [4.78, 5) is 22.6. The maximum atomic E-state index is 11.4. The smallest absolute Gasteiger partial charge is 0.331 e. The molecular formula is C15H13BrO4. The zero-order valence-corrected chi connectivity index (χ0v) is 12.3. The molecule has 1 aromatic carbocycles. The third-order valence-corrected chi connectivity index (χ3v) is 3.78. The van der Waals surface area contributed by atoms with Crippen molar-refractivity contribution in [3.8, 4) is 0 Å². The summed E-state index contributed by atoms with van der Waals surface area (Å²) >= 11 is 3.35. The van der Waals surface area contributed by atoms with Crippen LogP contribution in [0.3, 0.4) is 0 Å². The van der Waals surface area contributed by atoms with Crippen LogP contribution in [0.4, 0.5) is 0 Å². The standard InChI is InChI=1S/C15H13BrO4/c1-15(14(19)20)7-10(5-11(8-15)13(17)18)9-3-2-4-12(16)6-9/h2-7H,8H2,1H3,(H,17,18)(H,19,20). The molecule has 0 radical (unpaired) electrons. The van der Waals surface area contributed by atoms with Gasteiger partial charge >= 0.3 is 11.9 Å². The predicted molar refractivity (Wildman–Crippen MR) is 78.2 cm³/mol. The Balaban J connectivity index is 2.56. The SMILES string of the molecule is CC1(C(=O)O)C=C(c2cccc(Br)c2)C=C(C(=O)O)C1. The van der Waals surface area contributed by atoms with E-state index >= 15 is 0 Å². The van der Waals surface area contributed by atoms with Crippen molar-refractivity contribution in [1.82, 2.24) is 0 Å². The summed E-state index contributed by atoms with van der Waals surface area (Å²) in [6.07, 6.45) is 3.13. The van der Waals surface area contributed by atoms with Gasteiger partial charge in [-0.05, 0) is 42.7 Å². The van der Waals surface area contributed by atoms with Crippen LogP contribution in [0.15, 0.2) is 46.5 Å². The number of hydrogen-bond acceptors (Lipinski definition) is 2. The van der Waals surface area contributed by atoms with Crippen LogP contribution in [0, 0.1) is 5.41 Å². The third-order valence-electron chi connectivity index (χ3n) is 3.28. The molecular weight excluding hydrogens is 324 g/mol. The number of aliphatic carboxylic acids is 2. The number of hydrogen-bond donors (Lipinski definition) is 2. The van der Waals surface area contributed by atoms with Gasteiger partial charge in [0, 0.05) is 10.0 Å². The van der Waals surface area contributed by atoms with Gasteiger partial charge < -0.3 is 10.2 Å². The van der Waals surface area contributed by atoms with E-state index in [0.29, 0.717) is 5.57 Å². The molecule has 20 heavy (non-hydrogen) atoms. The maximum absolute atomic E-state index is 11.4. The van der Waals surface area contributed by atoms with Crippen LogP contribution in [0.5, 0.6) is 0 Å². The van der Waals surface area contributed by atoms with E-state index in [1.165, 1.54) is 13.0 Å². The molecule has 0 heterocycles. The molecule has 104 valence electrons. The van der Waals surface area contributed by atoms with E-state index < -0.39 is 17.4 Å². The molecule has 1 aliphatic carbocycles. The lowest BCUT2D eigenvalue weighted by atomic mass is 9.76. The van der Waals surface area contributed by atoms with Gasteiger partial charge in [0.2, 0.25) is 0 Å². The van der Waals surface area contributed by atoms with Crippen LogP contribution in [0.25, 0.3) is 5.57 Å². The van der Waals surface area contributed by atoms with Crippen LogP contribution >= 0.6 is 15.9 Å². The molecule has 0 spiro atoms. The van der Waals surface area contributed by atoms with Gasteiger partial charge in [0.15, 0.2) is 0 Å². The number of allylic oxidation sites excluding steroid dienone is 2. The summed E-state index contributed by atoms with van der Waals surface area (Å²) in [7, 11) is 0. The monoisotopic (exact) mass is 336 g/mol. The second-order valence-corrected chi connectivity index (χ2v) is 5.90. The molecule has 0 aromatic heterocycles. The van der Waals surface area contributed by atoms with Gasteiger partial charge in [0.1, 0.15) is 0 Å². The lowest BCUT2D eigenvalue weighted by Crippen LogP contribution is -2.29. The highest BCUT2D eigenvalue weighted by Crippen LogP contribution is 2.38. The highest BCUT2D eigenvalue weighted by atomic mass is 79.9. The number of carboxylic acids is 2. The molecule has 0 bridgehead atoms. The van der Waals surface area contributed by atoms with Crippen molar-refractivity contribution in [2.45, 2.75) is 13.3 Å². The van der Waals surface area contributed by atoms with E-state index in [4.69, 9.17) is 0 Å². The van der Waals surface area contributed by atoms with Crippen molar-refractivity contribution in [2.24, 2.45) is 5.41 Å². The second kappa shape index (κ2) is 5.25. The van der Waals surface area contributed by atoms with Crippen molar-refractivity contribution in [2.75, 3.05) is 0 Å². The Labute approximate surface area is 124 Å². The van der Waals surface area contributed by atoms with Crippen LogP contribution in [-0.4, -0.2) is 22.2 Å². The average Bonchev–Trinajstić information content (AvgIpc) is 2.38. The molecule has 0 saturated heterocycles. The normalized spacial score (nSPS) is 21.9. The van der Waals surface area contributed by atoms with Crippen molar-refractivity contribution < 1.29 is 19.8 Å². The zero-order valence-electron chi connectivity index (χ0n) is 10.8. The van der Waals surface area contributed by atoms with Gasteiger partial charge in [-0.3, -0.25) is 4.79 Å². The number of benzene rings is 1. The fraction of sp³-hybridized carbons (Fsp3) is 0.200. The van der Waals surface area contributed by atoms with Crippen molar-refractivity contribution in [3.63, 3.8) is 0 Å². The number of carboxylic acid groups (broad SMARTS) is 2. The highest BCUT2D eigenvalue weighted by Gasteiger charge is 2.36. The van der Waals surface area contributed by atoms with E-state index in [1.54, 1.807) is 6.08 Å². The maximum Gasteiger partial charge on any atom is 0.331 e. The van der Waals surface area contributed by atoms with Crippen LogP contribution in [0.1, 0.15) is 18.9 Å². The summed E-state index contributed by atoms with van der Waals surface area (Å²) in [6, 6.07) is 7.32. The molecule has 2 rings (SSSR count). The average molecular weight is 337 g/mol. The molecule has 1 aliphatic rings. The van der Waals surface area contributed by atoms with Crippen LogP contribution in [0.2, 0.25) is 0 Å². The first-order chi connectivity index (χ1) is 9.32. The molecule has 4 nitrogen and oxygen atoms in total. The zero-order chi connectivity index (χ0) is 14.9. The van der Waals surface area contributed by atoms with Crippen molar-refractivity contribution in [1.29, 1.82) is 0 Å². The minimum atomic E-state index is -1.21. The molecule has 0 amide bonds. The molecule has 1 aromatic rings. The highest BCUT2D eigenvalue weighted by molar-refractivity contribution is 9.10. The fourth-order valence-corrected chi connectivity index (χ4v) is 2.58. The molecule has 1 atom stereocenters. The Bertz CT molecular complexity index is 645. The first kappa shape index (κ1) is 14.5. The first-order valence-corrected chi connectivity index (χ1v) is 6.77. The van der Waals surface area contributed by atoms with Gasteiger partial charge in [-0.15, -0.1) is 0 Å². The van der Waals surface area contributed by atoms with E-state index in [-0.39, 0.29) is 12.0 Å². The third kappa shape index (κ3) is 2.82. The summed E-state index contributed by atoms with van der Waals surface area (Å²) < 4.78 is 0.851. The molecule has 2 N–H and O–H groups in total. The second-order valence-electron chi connectivity index (χ2n) is 4.98. The number of carbonyl (C=O) groups is 2. The van der Waals surface area contributed by atoms with Gasteiger partial charge in [-0.25, -0.2) is 4.79 Å². The Morgan fingerprint density at radius 2 is 2.00 bits per heavy atom. The van der Waals surface area contributed by atoms with Gasteiger partial charge in [-0.2, -0.15) is 0 Å². The number of rotatable bonds is 3. The Morgan fingerprint density at radius 3 is 2.55 bits per heavy atom. The fourth-order valence-electron chi connectivity index (χ4n) is 2.18. The van der Waals surface area contributed by atoms with Gasteiger partial charge in [0.25, 0.3) is 0 Å². The minimum absolute atomic E-state index is 0.0187. The quantitative estimate of drug-likeness (QED) is 0.887. The van der Waals surface area contributed by atoms with Crippen molar-refractivity contribution in [3.05, 3.63) is 52.0 Å². The van der Waals surface area contributed by atoms with E-state index in [0.717, 1.165) is 10.0 Å². The molecule has 0 saturated carbocycles. The van der Waals surface area contributed by atoms with Gasteiger partial charge in [-0.1, -0.05) is 34.1 Å². The molecule has 0 fully saturated rings. The largest absolute Gasteiger partial charge is 0.481 e. The summed E-state index contributed by atoms with van der Waals surface area (Å²) in [5.41, 5.74) is 0.289. The number of halogens is 1. The van der Waals surface area contributed by atoms with E-state index in [1.807, 2.05) is 24.3 Å². The summed E-state index contributed by atoms with van der Waals surface area (Å²) in [5, 5.41) is 18.5. The summed E-state index contributed by atoms with van der Waals surface area (Å²) in [5.74, 6) is -2.12. The van der Waals surface area contributed by atoms with E-state index in [9.17, 15) is 19.8 Å². The predicted octanol–water partition coefficient (Wildman–Crippen LogP) is 3.34. The molecule has 1 unspecified atom stereocenters. The summed E-state index contributed by atoms with van der Waals surface area (Å²) in [6.45, 7) is 1.53. The van der Waals surface area contributed by atoms with Crippen LogP contribution in [-0.2, 0) is 9.59 Å². The molecule has 0 aliphatic heterocycles. The topological polar surface area (TPSA) is 74.6 Å². The van der Waals surface area contributed by atoms with Gasteiger partial charge in [0.05, 0.1) is 5.41 Å². The van der Waals surface area contributed by atoms with Crippen LogP contribution < -0.4 is 0 Å². The Morgan fingerprint density at radius 1 is 1.30 bits per heavy atom. The Kier molecular flexibility index (Phi) is 3.81. The first-order valence-electron chi connectivity index (χ1n) is 5.98. The Hall–Kier alpha value is -1.88. The van der Waals surface area contributed by atoms with E-state index in [2.05, 4.69) is 15.9 Å².